The molecule has 6 nitrogen and oxygen atoms in total. The number of aromatic nitrogens is 1. The summed E-state index contributed by atoms with van der Waals surface area (Å²) in [6.45, 7) is 3.48. The monoisotopic (exact) mass is 494 g/mol. The van der Waals surface area contributed by atoms with Crippen LogP contribution in [0.2, 0.25) is 5.02 Å². The van der Waals surface area contributed by atoms with Crippen LogP contribution in [0.3, 0.4) is 0 Å². The number of rotatable bonds is 4. The number of carbonyl (C=O) groups is 2. The normalized spacial score (nSPS) is 20.9. The van der Waals surface area contributed by atoms with E-state index < -0.39 is 0 Å². The highest BCUT2D eigenvalue weighted by Gasteiger charge is 2.31. The van der Waals surface area contributed by atoms with Crippen molar-refractivity contribution in [2.24, 2.45) is 0 Å². The predicted octanol–water partition coefficient (Wildman–Crippen LogP) is 4.77. The highest BCUT2D eigenvalue weighted by atomic mass is 35.5. The Morgan fingerprint density at radius 3 is 2.74 bits per heavy atom. The molecular weight excluding hydrogens is 468 g/mol. The van der Waals surface area contributed by atoms with Crippen molar-refractivity contribution in [3.63, 3.8) is 0 Å². The Morgan fingerprint density at radius 2 is 1.94 bits per heavy atom. The first-order chi connectivity index (χ1) is 16.6. The summed E-state index contributed by atoms with van der Waals surface area (Å²) in [6.07, 6.45) is 7.03. The van der Waals surface area contributed by atoms with Crippen molar-refractivity contribution in [1.82, 2.24) is 15.2 Å². The quantitative estimate of drug-likeness (QED) is 0.529. The van der Waals surface area contributed by atoms with Gasteiger partial charge in [0.15, 0.2) is 0 Å². The van der Waals surface area contributed by atoms with Crippen LogP contribution in [0.1, 0.15) is 42.5 Å². The van der Waals surface area contributed by atoms with E-state index in [1.165, 1.54) is 29.0 Å². The van der Waals surface area contributed by atoms with Gasteiger partial charge in [-0.1, -0.05) is 11.6 Å². The van der Waals surface area contributed by atoms with E-state index in [1.54, 1.807) is 11.3 Å². The van der Waals surface area contributed by atoms with Crippen molar-refractivity contribution in [2.45, 2.75) is 51.1 Å². The zero-order valence-electron chi connectivity index (χ0n) is 19.0. The summed E-state index contributed by atoms with van der Waals surface area (Å²) >= 11 is 8.26. The number of nitrogens with one attached hydrogen (secondary N) is 1. The first kappa shape index (κ1) is 22.0. The number of aryl methyl sites for hydroxylation is 1. The van der Waals surface area contributed by atoms with Crippen LogP contribution in [-0.4, -0.2) is 47.4 Å². The maximum atomic E-state index is 12.1. The number of imide groups is 1. The number of piperidine rings is 1. The van der Waals surface area contributed by atoms with Crippen molar-refractivity contribution >= 4 is 50.7 Å². The second-order valence-electron chi connectivity index (χ2n) is 9.42. The van der Waals surface area contributed by atoms with Gasteiger partial charge in [-0.25, -0.2) is 0 Å². The predicted molar refractivity (Wildman–Crippen MR) is 136 cm³/mol. The molecule has 1 N–H and O–H groups in total. The lowest BCUT2D eigenvalue weighted by Gasteiger charge is -2.41. The first-order valence-corrected chi connectivity index (χ1v) is 13.3. The third-order valence-corrected chi connectivity index (χ3v) is 8.58. The molecule has 3 aliphatic rings. The van der Waals surface area contributed by atoms with Gasteiger partial charge in [0, 0.05) is 64.9 Å². The summed E-state index contributed by atoms with van der Waals surface area (Å²) in [5.41, 5.74) is 5.79. The van der Waals surface area contributed by atoms with E-state index in [2.05, 4.69) is 33.4 Å². The smallest absolute Gasteiger partial charge is 0.230 e. The highest BCUT2D eigenvalue weighted by molar-refractivity contribution is 7.19. The van der Waals surface area contributed by atoms with Gasteiger partial charge in [0.2, 0.25) is 11.8 Å². The fraction of sp³-hybridized carbons (Fsp3) is 0.423. The first-order valence-electron chi connectivity index (χ1n) is 12.1. The molecule has 0 radical (unpaired) electrons. The van der Waals surface area contributed by atoms with Gasteiger partial charge in [-0.2, -0.15) is 0 Å². The summed E-state index contributed by atoms with van der Waals surface area (Å²) in [6, 6.07) is 8.80. The fourth-order valence-corrected chi connectivity index (χ4v) is 7.01. The van der Waals surface area contributed by atoms with E-state index >= 15 is 0 Å². The van der Waals surface area contributed by atoms with Gasteiger partial charge in [0.1, 0.15) is 0 Å². The largest absolute Gasteiger partial charge is 0.367 e. The lowest BCUT2D eigenvalue weighted by Crippen LogP contribution is -2.48. The second-order valence-corrected chi connectivity index (χ2v) is 11.0. The average Bonchev–Trinajstić information content (AvgIpc) is 3.41. The Labute approximate surface area is 207 Å². The number of carbonyl (C=O) groups excluding carboxylic acids is 2. The molecule has 6 rings (SSSR count). The van der Waals surface area contributed by atoms with E-state index in [9.17, 15) is 9.59 Å². The van der Waals surface area contributed by atoms with Gasteiger partial charge >= 0.3 is 0 Å². The number of amides is 2. The number of hydrogen-bond acceptors (Lipinski definition) is 6. The molecule has 0 bridgehead atoms. The van der Waals surface area contributed by atoms with Crippen LogP contribution in [-0.2, 0) is 22.6 Å². The van der Waals surface area contributed by atoms with Gasteiger partial charge in [-0.15, -0.1) is 11.3 Å². The highest BCUT2D eigenvalue weighted by Crippen LogP contribution is 2.44. The molecule has 2 saturated heterocycles. The fourth-order valence-electron chi connectivity index (χ4n) is 5.64. The second kappa shape index (κ2) is 8.95. The minimum atomic E-state index is -0.0868. The van der Waals surface area contributed by atoms with Gasteiger partial charge in [-0.05, 0) is 62.1 Å². The molecule has 1 atom stereocenters. The Balaban J connectivity index is 1.45. The molecule has 5 heterocycles. The number of fused-ring (bicyclic) bond motifs is 2. The molecule has 3 aliphatic heterocycles. The molecule has 0 saturated carbocycles. The van der Waals surface area contributed by atoms with E-state index in [-0.39, 0.29) is 11.8 Å². The van der Waals surface area contributed by atoms with Crippen LogP contribution in [0.15, 0.2) is 30.5 Å². The number of thiophene rings is 1. The summed E-state index contributed by atoms with van der Waals surface area (Å²) in [7, 11) is 0. The standard InChI is InChI=1S/C26H27ClN4O2S/c27-17-11-16-3-2-10-30(18-4-1-8-28-14-18)25(16)21(12-17)20-7-9-29-22-13-19(34-26(20)22)15-31-23(32)5-6-24(31)33/h7,9,11-13,18,28H,1-6,8,10,14-15H2/t18-/m0/s1. The van der Waals surface area contributed by atoms with E-state index in [0.29, 0.717) is 25.4 Å². The van der Waals surface area contributed by atoms with Crippen molar-refractivity contribution < 1.29 is 9.59 Å². The molecule has 176 valence electrons. The number of likely N-dealkylation sites (tertiary alicyclic amines) is 1. The zero-order chi connectivity index (χ0) is 23.2. The molecule has 0 aliphatic carbocycles. The van der Waals surface area contributed by atoms with E-state index in [1.807, 2.05) is 12.3 Å². The van der Waals surface area contributed by atoms with Crippen LogP contribution in [0.25, 0.3) is 21.3 Å². The summed E-state index contributed by atoms with van der Waals surface area (Å²) in [5, 5.41) is 4.33. The Morgan fingerprint density at radius 1 is 1.09 bits per heavy atom. The lowest BCUT2D eigenvalue weighted by molar-refractivity contribution is -0.138. The number of hydrogen-bond donors (Lipinski definition) is 1. The summed E-state index contributed by atoms with van der Waals surface area (Å²) in [5.74, 6) is -0.174. The van der Waals surface area contributed by atoms with Gasteiger partial charge in [-0.3, -0.25) is 19.5 Å². The van der Waals surface area contributed by atoms with E-state index in [4.69, 9.17) is 11.6 Å². The van der Waals surface area contributed by atoms with Crippen LogP contribution < -0.4 is 10.2 Å². The Bertz CT molecular complexity index is 1270. The molecular formula is C26H27ClN4O2S. The van der Waals surface area contributed by atoms with Crippen LogP contribution in [0.5, 0.6) is 0 Å². The molecule has 34 heavy (non-hydrogen) atoms. The number of halogens is 1. The minimum absolute atomic E-state index is 0.0868. The molecule has 2 aromatic heterocycles. The number of benzene rings is 1. The van der Waals surface area contributed by atoms with Crippen molar-refractivity contribution in [3.05, 3.63) is 45.9 Å². The number of anilines is 1. The molecule has 0 spiro atoms. The van der Waals surface area contributed by atoms with Crippen molar-refractivity contribution in [3.8, 4) is 11.1 Å². The lowest BCUT2D eigenvalue weighted by atomic mass is 9.91. The van der Waals surface area contributed by atoms with Gasteiger partial charge in [0.05, 0.1) is 16.8 Å². The molecule has 8 heteroatoms. The molecule has 1 aromatic carbocycles. The number of nitrogens with zero attached hydrogens (tertiary/aromatic N) is 3. The van der Waals surface area contributed by atoms with Crippen LogP contribution in [0, 0.1) is 0 Å². The molecule has 2 amide bonds. The third kappa shape index (κ3) is 3.89. The molecule has 2 fully saturated rings. The Kier molecular flexibility index (Phi) is 5.79. The SMILES string of the molecule is O=C1CCC(=O)N1Cc1cc2nccc(-c3cc(Cl)cc4c3N([C@H]3CCCNC3)CCC4)c2s1. The topological polar surface area (TPSA) is 65.5 Å². The van der Waals surface area contributed by atoms with Crippen molar-refractivity contribution in [1.29, 1.82) is 0 Å². The maximum absolute atomic E-state index is 12.1. The van der Waals surface area contributed by atoms with Crippen LogP contribution in [0.4, 0.5) is 5.69 Å². The molecule has 0 unspecified atom stereocenters. The van der Waals surface area contributed by atoms with Gasteiger partial charge in [0.25, 0.3) is 0 Å². The third-order valence-electron chi connectivity index (χ3n) is 7.22. The molecule has 3 aromatic rings. The maximum Gasteiger partial charge on any atom is 0.230 e. The van der Waals surface area contributed by atoms with Crippen molar-refractivity contribution in [2.75, 3.05) is 24.5 Å². The number of pyridine rings is 1. The van der Waals surface area contributed by atoms with E-state index in [0.717, 1.165) is 63.7 Å². The summed E-state index contributed by atoms with van der Waals surface area (Å²) in [4.78, 5) is 33.9. The minimum Gasteiger partial charge on any atom is -0.367 e. The van der Waals surface area contributed by atoms with Crippen LogP contribution >= 0.6 is 22.9 Å². The van der Waals surface area contributed by atoms with Gasteiger partial charge < -0.3 is 10.2 Å². The zero-order valence-corrected chi connectivity index (χ0v) is 20.6. The average molecular weight is 495 g/mol. The Hall–Kier alpha value is -2.48. The summed E-state index contributed by atoms with van der Waals surface area (Å²) < 4.78 is 1.08.